The van der Waals surface area contributed by atoms with Crippen molar-refractivity contribution in [1.29, 1.82) is 5.26 Å². The van der Waals surface area contributed by atoms with E-state index in [1.54, 1.807) is 32.0 Å². The molecule has 1 heterocycles. The molecule has 100 valence electrons. The van der Waals surface area contributed by atoms with E-state index in [0.717, 1.165) is 4.68 Å². The fourth-order valence-corrected chi connectivity index (χ4v) is 1.83. The van der Waals surface area contributed by atoms with Crippen LogP contribution < -0.4 is 5.56 Å². The SMILES string of the molecule is Cc1cc(C)n(N=Cc2ccc(F)cc2)c(=O)c1C#N. The lowest BCUT2D eigenvalue weighted by molar-refractivity contribution is 0.628. The third-order valence-corrected chi connectivity index (χ3v) is 2.86. The monoisotopic (exact) mass is 269 g/mol. The van der Waals surface area contributed by atoms with Gasteiger partial charge in [-0.2, -0.15) is 10.4 Å². The Morgan fingerprint density at radius 1 is 1.30 bits per heavy atom. The van der Waals surface area contributed by atoms with Crippen molar-refractivity contribution in [3.8, 4) is 6.07 Å². The van der Waals surface area contributed by atoms with Gasteiger partial charge in [0.25, 0.3) is 5.56 Å². The Labute approximate surface area is 115 Å². The van der Waals surface area contributed by atoms with Crippen LogP contribution >= 0.6 is 0 Å². The number of aromatic nitrogens is 1. The molecule has 0 N–H and O–H groups in total. The summed E-state index contributed by atoms with van der Waals surface area (Å²) >= 11 is 0. The van der Waals surface area contributed by atoms with E-state index in [1.165, 1.54) is 18.3 Å². The molecule has 0 amide bonds. The Bertz CT molecular complexity index is 767. The lowest BCUT2D eigenvalue weighted by Gasteiger charge is -2.06. The Kier molecular flexibility index (Phi) is 3.76. The van der Waals surface area contributed by atoms with E-state index in [0.29, 0.717) is 16.8 Å². The maximum Gasteiger partial charge on any atom is 0.289 e. The first kappa shape index (κ1) is 13.7. The third kappa shape index (κ3) is 2.64. The van der Waals surface area contributed by atoms with Gasteiger partial charge in [-0.15, -0.1) is 0 Å². The Hall–Kier alpha value is -2.74. The van der Waals surface area contributed by atoms with Crippen molar-refractivity contribution in [2.75, 3.05) is 0 Å². The van der Waals surface area contributed by atoms with Gasteiger partial charge in [-0.05, 0) is 43.2 Å². The number of benzene rings is 1. The van der Waals surface area contributed by atoms with Gasteiger partial charge < -0.3 is 0 Å². The van der Waals surface area contributed by atoms with E-state index in [1.807, 2.05) is 6.07 Å². The minimum absolute atomic E-state index is 0.0758. The minimum Gasteiger partial charge on any atom is -0.266 e. The van der Waals surface area contributed by atoms with Gasteiger partial charge in [0.1, 0.15) is 17.4 Å². The number of nitrogens with zero attached hydrogens (tertiary/aromatic N) is 3. The van der Waals surface area contributed by atoms with E-state index in [9.17, 15) is 9.18 Å². The Morgan fingerprint density at radius 3 is 2.55 bits per heavy atom. The zero-order chi connectivity index (χ0) is 14.7. The summed E-state index contributed by atoms with van der Waals surface area (Å²) in [5, 5.41) is 13.0. The number of rotatable bonds is 2. The summed E-state index contributed by atoms with van der Waals surface area (Å²) in [4.78, 5) is 12.1. The average molecular weight is 269 g/mol. The Balaban J connectivity index is 2.47. The molecule has 0 radical (unpaired) electrons. The lowest BCUT2D eigenvalue weighted by atomic mass is 10.1. The molecular formula is C15H12FN3O. The average Bonchev–Trinajstić information content (AvgIpc) is 2.40. The zero-order valence-electron chi connectivity index (χ0n) is 11.1. The van der Waals surface area contributed by atoms with Crippen LogP contribution in [0.4, 0.5) is 4.39 Å². The normalized spacial score (nSPS) is 10.7. The second-order valence-electron chi connectivity index (χ2n) is 4.37. The summed E-state index contributed by atoms with van der Waals surface area (Å²) in [6.07, 6.45) is 1.45. The highest BCUT2D eigenvalue weighted by Gasteiger charge is 2.08. The summed E-state index contributed by atoms with van der Waals surface area (Å²) in [7, 11) is 0. The van der Waals surface area contributed by atoms with Crippen LogP contribution in [0, 0.1) is 31.0 Å². The maximum absolute atomic E-state index is 12.8. The van der Waals surface area contributed by atoms with Crippen molar-refractivity contribution >= 4 is 6.21 Å². The fourth-order valence-electron chi connectivity index (χ4n) is 1.83. The van der Waals surface area contributed by atoms with Crippen LogP contribution in [-0.2, 0) is 0 Å². The molecule has 0 bridgehead atoms. The van der Waals surface area contributed by atoms with E-state index < -0.39 is 5.56 Å². The van der Waals surface area contributed by atoms with Crippen LogP contribution in [0.5, 0.6) is 0 Å². The second kappa shape index (κ2) is 5.49. The minimum atomic E-state index is -0.455. The van der Waals surface area contributed by atoms with E-state index in [4.69, 9.17) is 5.26 Å². The van der Waals surface area contributed by atoms with Crippen molar-refractivity contribution in [3.63, 3.8) is 0 Å². The molecule has 0 fully saturated rings. The first-order chi connectivity index (χ1) is 9.52. The zero-order valence-corrected chi connectivity index (χ0v) is 11.1. The smallest absolute Gasteiger partial charge is 0.266 e. The second-order valence-corrected chi connectivity index (χ2v) is 4.37. The highest BCUT2D eigenvalue weighted by atomic mass is 19.1. The van der Waals surface area contributed by atoms with Crippen molar-refractivity contribution < 1.29 is 4.39 Å². The van der Waals surface area contributed by atoms with Crippen molar-refractivity contribution in [2.24, 2.45) is 5.10 Å². The summed E-state index contributed by atoms with van der Waals surface area (Å²) in [5.74, 6) is -0.336. The molecule has 1 aromatic heterocycles. The molecule has 2 rings (SSSR count). The van der Waals surface area contributed by atoms with Crippen molar-refractivity contribution in [3.05, 3.63) is 68.9 Å². The molecule has 0 saturated carbocycles. The molecule has 0 saturated heterocycles. The third-order valence-electron chi connectivity index (χ3n) is 2.86. The van der Waals surface area contributed by atoms with Crippen LogP contribution in [-0.4, -0.2) is 10.9 Å². The van der Waals surface area contributed by atoms with Gasteiger partial charge in [0.05, 0.1) is 6.21 Å². The molecule has 20 heavy (non-hydrogen) atoms. The Morgan fingerprint density at radius 2 is 1.95 bits per heavy atom. The molecule has 1 aromatic carbocycles. The van der Waals surface area contributed by atoms with Gasteiger partial charge in [0.2, 0.25) is 0 Å². The van der Waals surface area contributed by atoms with E-state index in [-0.39, 0.29) is 11.4 Å². The largest absolute Gasteiger partial charge is 0.289 e. The molecule has 5 heteroatoms. The van der Waals surface area contributed by atoms with Gasteiger partial charge in [-0.1, -0.05) is 12.1 Å². The van der Waals surface area contributed by atoms with Crippen molar-refractivity contribution in [2.45, 2.75) is 13.8 Å². The maximum atomic E-state index is 12.8. The summed E-state index contributed by atoms with van der Waals surface area (Å²) in [6.45, 7) is 3.44. The molecule has 4 nitrogen and oxygen atoms in total. The van der Waals surface area contributed by atoms with Crippen LogP contribution in [0.25, 0.3) is 0 Å². The first-order valence-electron chi connectivity index (χ1n) is 5.96. The molecule has 0 spiro atoms. The standard InChI is InChI=1S/C15H12FN3O/c1-10-7-11(2)19(15(20)14(10)8-17)18-9-12-3-5-13(16)6-4-12/h3-7,9H,1-2H3. The number of aryl methyl sites for hydroxylation is 2. The van der Waals surface area contributed by atoms with Crippen LogP contribution in [0.15, 0.2) is 40.2 Å². The summed E-state index contributed by atoms with van der Waals surface area (Å²) < 4.78 is 13.9. The topological polar surface area (TPSA) is 58.1 Å². The quantitative estimate of drug-likeness (QED) is 0.786. The number of hydrogen-bond acceptors (Lipinski definition) is 3. The highest BCUT2D eigenvalue weighted by molar-refractivity contribution is 5.79. The van der Waals surface area contributed by atoms with Crippen molar-refractivity contribution in [1.82, 2.24) is 4.68 Å². The molecule has 0 atom stereocenters. The van der Waals surface area contributed by atoms with E-state index >= 15 is 0 Å². The first-order valence-corrected chi connectivity index (χ1v) is 5.96. The van der Waals surface area contributed by atoms with Crippen LogP contribution in [0.2, 0.25) is 0 Å². The fraction of sp³-hybridized carbons (Fsp3) is 0.133. The van der Waals surface area contributed by atoms with Gasteiger partial charge in [0, 0.05) is 5.69 Å². The molecule has 0 aliphatic carbocycles. The molecular weight excluding hydrogens is 257 g/mol. The molecule has 0 aliphatic heterocycles. The summed E-state index contributed by atoms with van der Waals surface area (Å²) in [5.41, 5.74) is 1.54. The van der Waals surface area contributed by atoms with Gasteiger partial charge >= 0.3 is 0 Å². The van der Waals surface area contributed by atoms with E-state index in [2.05, 4.69) is 5.10 Å². The van der Waals surface area contributed by atoms with Crippen LogP contribution in [0.3, 0.4) is 0 Å². The highest BCUT2D eigenvalue weighted by Crippen LogP contribution is 2.05. The molecule has 0 unspecified atom stereocenters. The molecule has 0 aliphatic rings. The number of nitriles is 1. The van der Waals surface area contributed by atoms with Gasteiger partial charge in [-0.25, -0.2) is 9.07 Å². The molecule has 2 aromatic rings. The van der Waals surface area contributed by atoms with Gasteiger partial charge in [0.15, 0.2) is 0 Å². The summed E-state index contributed by atoms with van der Waals surface area (Å²) in [6, 6.07) is 9.34. The number of pyridine rings is 1. The lowest BCUT2D eigenvalue weighted by Crippen LogP contribution is -2.22. The van der Waals surface area contributed by atoms with Gasteiger partial charge in [-0.3, -0.25) is 4.79 Å². The predicted octanol–water partition coefficient (Wildman–Crippen LogP) is 2.36. The number of halogens is 1. The number of hydrogen-bond donors (Lipinski definition) is 0. The van der Waals surface area contributed by atoms with Crippen LogP contribution in [0.1, 0.15) is 22.4 Å². The predicted molar refractivity (Wildman–Crippen MR) is 74.3 cm³/mol.